The van der Waals surface area contributed by atoms with Gasteiger partial charge in [-0.2, -0.15) is 13.2 Å². The smallest absolute Gasteiger partial charge is 0.417 e. The van der Waals surface area contributed by atoms with Crippen LogP contribution in [0.3, 0.4) is 0 Å². The van der Waals surface area contributed by atoms with Gasteiger partial charge in [-0.3, -0.25) is 9.10 Å². The lowest BCUT2D eigenvalue weighted by Crippen LogP contribution is -2.43. The molecule has 0 radical (unpaired) electrons. The number of allylic oxidation sites excluding steroid dienone is 1. The van der Waals surface area contributed by atoms with Crippen molar-refractivity contribution in [3.8, 4) is 5.75 Å². The molecule has 0 N–H and O–H groups in total. The van der Waals surface area contributed by atoms with Gasteiger partial charge in [-0.15, -0.1) is 0 Å². The highest BCUT2D eigenvalue weighted by molar-refractivity contribution is 7.92. The highest BCUT2D eigenvalue weighted by Crippen LogP contribution is 2.41. The van der Waals surface area contributed by atoms with Crippen molar-refractivity contribution in [2.45, 2.75) is 43.9 Å². The minimum Gasteiger partial charge on any atom is -0.486 e. The van der Waals surface area contributed by atoms with Crippen LogP contribution in [0, 0.1) is 6.92 Å². The molecular weight excluding hydrogens is 567 g/mol. The molecule has 0 aromatic heterocycles. The Labute approximate surface area is 236 Å². The van der Waals surface area contributed by atoms with Crippen LogP contribution in [-0.2, 0) is 25.7 Å². The highest BCUT2D eigenvalue weighted by atomic mass is 35.5. The van der Waals surface area contributed by atoms with Crippen molar-refractivity contribution < 1.29 is 35.9 Å². The number of hydrogen-bond donors (Lipinski definition) is 0. The summed E-state index contributed by atoms with van der Waals surface area (Å²) in [6, 6.07) is 14.8. The van der Waals surface area contributed by atoms with Gasteiger partial charge in [0.1, 0.15) is 11.9 Å². The first kappa shape index (κ1) is 29.5. The van der Waals surface area contributed by atoms with Crippen LogP contribution in [0.4, 0.5) is 18.9 Å². The van der Waals surface area contributed by atoms with Crippen LogP contribution >= 0.6 is 11.6 Å². The lowest BCUT2D eigenvalue weighted by atomic mass is 9.98. The van der Waals surface area contributed by atoms with Gasteiger partial charge >= 0.3 is 12.1 Å². The molecule has 0 bridgehead atoms. The third-order valence-corrected chi connectivity index (χ3v) is 8.58. The van der Waals surface area contributed by atoms with Crippen LogP contribution < -0.4 is 9.04 Å². The molecule has 0 aliphatic carbocycles. The third-order valence-electron chi connectivity index (χ3n) is 6.49. The van der Waals surface area contributed by atoms with Gasteiger partial charge in [-0.1, -0.05) is 41.9 Å². The molecule has 1 atom stereocenters. The molecule has 3 aromatic carbocycles. The Morgan fingerprint density at radius 2 is 1.88 bits per heavy atom. The number of esters is 1. The number of carbonyl (C=O) groups is 1. The van der Waals surface area contributed by atoms with Gasteiger partial charge in [0.15, 0.2) is 0 Å². The zero-order chi connectivity index (χ0) is 29.2. The maximum atomic E-state index is 13.8. The molecule has 212 valence electrons. The van der Waals surface area contributed by atoms with Crippen molar-refractivity contribution in [1.29, 1.82) is 0 Å². The van der Waals surface area contributed by atoms with Gasteiger partial charge < -0.3 is 9.47 Å². The third kappa shape index (κ3) is 6.28. The van der Waals surface area contributed by atoms with E-state index >= 15 is 0 Å². The fourth-order valence-electron chi connectivity index (χ4n) is 4.56. The molecule has 0 amide bonds. The Hall–Kier alpha value is -3.50. The summed E-state index contributed by atoms with van der Waals surface area (Å²) in [5, 5.41) is -0.0537. The molecule has 40 heavy (non-hydrogen) atoms. The van der Waals surface area contributed by atoms with E-state index in [1.807, 2.05) is 0 Å². The first-order chi connectivity index (χ1) is 18.8. The Balaban J connectivity index is 1.79. The van der Waals surface area contributed by atoms with Crippen molar-refractivity contribution in [2.75, 3.05) is 18.0 Å². The molecule has 1 heterocycles. The minimum absolute atomic E-state index is 0.0359. The zero-order valence-electron chi connectivity index (χ0n) is 22.0. The van der Waals surface area contributed by atoms with Gasteiger partial charge in [0.05, 0.1) is 29.8 Å². The van der Waals surface area contributed by atoms with Gasteiger partial charge in [0.2, 0.25) is 0 Å². The Morgan fingerprint density at radius 1 is 1.15 bits per heavy atom. The van der Waals surface area contributed by atoms with E-state index in [0.29, 0.717) is 5.56 Å². The predicted octanol–water partition coefficient (Wildman–Crippen LogP) is 7.14. The summed E-state index contributed by atoms with van der Waals surface area (Å²) in [4.78, 5) is 11.8. The van der Waals surface area contributed by atoms with E-state index in [1.165, 1.54) is 42.6 Å². The van der Waals surface area contributed by atoms with E-state index in [0.717, 1.165) is 11.6 Å². The van der Waals surface area contributed by atoms with Crippen molar-refractivity contribution in [1.82, 2.24) is 0 Å². The highest BCUT2D eigenvalue weighted by Gasteiger charge is 2.36. The average Bonchev–Trinajstić information content (AvgIpc) is 2.90. The molecule has 1 aliphatic heterocycles. The SMILES string of the molecule is COC(=O)CC[C@H]1CN(S(=O)(=O)c2cccc(C)c2)c2cc(/C=C(\C)c3c(Cl)cccc3C(F)(F)F)ccc2O1. The molecular formula is C29H27ClF3NO5S. The second-order valence-corrected chi connectivity index (χ2v) is 11.7. The maximum absolute atomic E-state index is 13.8. The lowest BCUT2D eigenvalue weighted by molar-refractivity contribution is -0.141. The standard InChI is InChI=1S/C29H27ClF3NO5S/c1-18-6-4-7-22(14-18)40(36,37)34-17-21(11-13-27(35)38-3)39-26-12-10-20(16-25(26)34)15-19(2)28-23(29(31,32)33)8-5-9-24(28)30/h4-10,12,14-16,21H,11,13,17H2,1-3H3/b19-15+/t21-/m0/s1. The molecule has 4 rings (SSSR count). The summed E-state index contributed by atoms with van der Waals surface area (Å²) in [5.74, 6) is -0.183. The second-order valence-electron chi connectivity index (χ2n) is 9.42. The number of methoxy groups -OCH3 is 1. The quantitative estimate of drug-likeness (QED) is 0.215. The van der Waals surface area contributed by atoms with Crippen LogP contribution in [0.5, 0.6) is 5.75 Å². The molecule has 0 unspecified atom stereocenters. The average molecular weight is 594 g/mol. The summed E-state index contributed by atoms with van der Waals surface area (Å²) in [6.07, 6.45) is -3.48. The molecule has 6 nitrogen and oxygen atoms in total. The summed E-state index contributed by atoms with van der Waals surface area (Å²) < 4.78 is 80.7. The van der Waals surface area contributed by atoms with E-state index in [4.69, 9.17) is 21.1 Å². The summed E-state index contributed by atoms with van der Waals surface area (Å²) >= 11 is 6.17. The van der Waals surface area contributed by atoms with E-state index in [2.05, 4.69) is 0 Å². The fourth-order valence-corrected chi connectivity index (χ4v) is 6.49. The molecule has 0 saturated heterocycles. The van der Waals surface area contributed by atoms with E-state index in [1.54, 1.807) is 43.3 Å². The number of sulfonamides is 1. The van der Waals surface area contributed by atoms with Crippen molar-refractivity contribution >= 4 is 44.9 Å². The summed E-state index contributed by atoms with van der Waals surface area (Å²) in [7, 11) is -2.79. The van der Waals surface area contributed by atoms with Crippen LogP contribution in [0.2, 0.25) is 5.02 Å². The van der Waals surface area contributed by atoms with E-state index < -0.39 is 33.8 Å². The number of hydrogen-bond acceptors (Lipinski definition) is 5. The number of rotatable bonds is 7. The van der Waals surface area contributed by atoms with Crippen LogP contribution in [0.1, 0.15) is 42.0 Å². The first-order valence-electron chi connectivity index (χ1n) is 12.3. The Kier molecular flexibility index (Phi) is 8.51. The molecule has 0 saturated carbocycles. The monoisotopic (exact) mass is 593 g/mol. The van der Waals surface area contributed by atoms with Crippen LogP contribution in [-0.4, -0.2) is 34.1 Å². The van der Waals surface area contributed by atoms with Crippen LogP contribution in [0.25, 0.3) is 11.6 Å². The number of aryl methyl sites for hydroxylation is 1. The number of ether oxygens (including phenoxy) is 2. The zero-order valence-corrected chi connectivity index (χ0v) is 23.5. The number of fused-ring (bicyclic) bond motifs is 1. The second kappa shape index (κ2) is 11.5. The minimum atomic E-state index is -4.61. The largest absolute Gasteiger partial charge is 0.486 e. The van der Waals surface area contributed by atoms with Gasteiger partial charge in [0, 0.05) is 17.0 Å². The number of anilines is 1. The molecule has 11 heteroatoms. The van der Waals surface area contributed by atoms with E-state index in [9.17, 15) is 26.4 Å². The van der Waals surface area contributed by atoms with E-state index in [-0.39, 0.29) is 51.9 Å². The Morgan fingerprint density at radius 3 is 2.55 bits per heavy atom. The van der Waals surface area contributed by atoms with Gasteiger partial charge in [0.25, 0.3) is 10.0 Å². The Bertz CT molecular complexity index is 1570. The van der Waals surface area contributed by atoms with Crippen molar-refractivity contribution in [3.05, 3.63) is 87.9 Å². The number of benzene rings is 3. The van der Waals surface area contributed by atoms with Crippen molar-refractivity contribution in [3.63, 3.8) is 0 Å². The van der Waals surface area contributed by atoms with Gasteiger partial charge in [-0.05, 0) is 73.4 Å². The number of alkyl halides is 3. The number of nitrogens with zero attached hydrogens (tertiary/aromatic N) is 1. The molecule has 3 aromatic rings. The summed E-state index contributed by atoms with van der Waals surface area (Å²) in [6.45, 7) is 3.21. The van der Waals surface area contributed by atoms with Crippen molar-refractivity contribution in [2.24, 2.45) is 0 Å². The maximum Gasteiger partial charge on any atom is 0.417 e. The lowest BCUT2D eigenvalue weighted by Gasteiger charge is -2.35. The first-order valence-corrected chi connectivity index (χ1v) is 14.1. The molecule has 1 aliphatic rings. The predicted molar refractivity (Wildman–Crippen MR) is 148 cm³/mol. The topological polar surface area (TPSA) is 72.9 Å². The molecule has 0 spiro atoms. The fraction of sp³-hybridized carbons (Fsp3) is 0.276. The number of halogens is 4. The summed E-state index contributed by atoms with van der Waals surface area (Å²) in [5.41, 5.74) is 0.658. The normalized spacial score (nSPS) is 15.8. The van der Waals surface area contributed by atoms with Crippen LogP contribution in [0.15, 0.2) is 65.6 Å². The van der Waals surface area contributed by atoms with Gasteiger partial charge in [-0.25, -0.2) is 8.42 Å². The molecule has 0 fully saturated rings. The number of carbonyl (C=O) groups excluding carboxylic acids is 1.